The van der Waals surface area contributed by atoms with Crippen LogP contribution in [-0.4, -0.2) is 0 Å². The van der Waals surface area contributed by atoms with Gasteiger partial charge in [-0.2, -0.15) is 0 Å². The Balaban J connectivity index is 2.92. The van der Waals surface area contributed by atoms with Crippen LogP contribution in [0.4, 0.5) is 11.4 Å². The largest absolute Gasteiger partial charge is 0.398 e. The van der Waals surface area contributed by atoms with Crippen molar-refractivity contribution >= 4 is 11.4 Å². The molecule has 0 aliphatic carbocycles. The molecule has 0 saturated carbocycles. The standard InChI is InChI=1S/C15H26N2/c1-5-11(4)7-13-9-14(16)12(6-10(2)3)8-15(13)17/h8-11H,5-7,16-17H2,1-4H3. The molecule has 4 N–H and O–H groups in total. The van der Waals surface area contributed by atoms with Crippen molar-refractivity contribution in [2.24, 2.45) is 11.8 Å². The van der Waals surface area contributed by atoms with E-state index in [0.29, 0.717) is 11.8 Å². The van der Waals surface area contributed by atoms with Gasteiger partial charge in [0.1, 0.15) is 0 Å². The minimum atomic E-state index is 0.608. The summed E-state index contributed by atoms with van der Waals surface area (Å²) in [4.78, 5) is 0. The lowest BCUT2D eigenvalue weighted by atomic mass is 9.93. The SMILES string of the molecule is CCC(C)Cc1cc(N)c(CC(C)C)cc1N. The molecule has 17 heavy (non-hydrogen) atoms. The van der Waals surface area contributed by atoms with E-state index in [1.807, 2.05) is 0 Å². The summed E-state index contributed by atoms with van der Waals surface area (Å²) >= 11 is 0. The van der Waals surface area contributed by atoms with Crippen molar-refractivity contribution in [2.75, 3.05) is 11.5 Å². The van der Waals surface area contributed by atoms with E-state index >= 15 is 0 Å². The van der Waals surface area contributed by atoms with Crippen LogP contribution in [0.2, 0.25) is 0 Å². The number of nitrogens with two attached hydrogens (primary N) is 2. The Morgan fingerprint density at radius 3 is 1.82 bits per heavy atom. The zero-order valence-electron chi connectivity index (χ0n) is 11.6. The van der Waals surface area contributed by atoms with Gasteiger partial charge in [0.25, 0.3) is 0 Å². The molecule has 0 spiro atoms. The Bertz CT molecular complexity index is 369. The van der Waals surface area contributed by atoms with Gasteiger partial charge in [0, 0.05) is 11.4 Å². The molecular formula is C15H26N2. The summed E-state index contributed by atoms with van der Waals surface area (Å²) in [5.41, 5.74) is 16.4. The van der Waals surface area contributed by atoms with Gasteiger partial charge in [0.15, 0.2) is 0 Å². The molecule has 1 aromatic carbocycles. The maximum atomic E-state index is 6.11. The fourth-order valence-corrected chi connectivity index (χ4v) is 2.04. The van der Waals surface area contributed by atoms with Crippen LogP contribution in [0.25, 0.3) is 0 Å². The highest BCUT2D eigenvalue weighted by molar-refractivity contribution is 5.60. The van der Waals surface area contributed by atoms with E-state index < -0.39 is 0 Å². The second-order valence-corrected chi connectivity index (χ2v) is 5.57. The van der Waals surface area contributed by atoms with Crippen LogP contribution < -0.4 is 11.5 Å². The quantitative estimate of drug-likeness (QED) is 0.764. The van der Waals surface area contributed by atoms with Crippen LogP contribution in [-0.2, 0) is 12.8 Å². The van der Waals surface area contributed by atoms with Crippen LogP contribution in [0.15, 0.2) is 12.1 Å². The monoisotopic (exact) mass is 234 g/mol. The van der Waals surface area contributed by atoms with E-state index in [-0.39, 0.29) is 0 Å². The first-order chi connectivity index (χ1) is 7.93. The molecular weight excluding hydrogens is 208 g/mol. The van der Waals surface area contributed by atoms with E-state index in [1.165, 1.54) is 17.5 Å². The molecule has 0 aliphatic rings. The average molecular weight is 234 g/mol. The van der Waals surface area contributed by atoms with Crippen molar-refractivity contribution < 1.29 is 0 Å². The van der Waals surface area contributed by atoms with Gasteiger partial charge in [-0.25, -0.2) is 0 Å². The molecule has 1 unspecified atom stereocenters. The highest BCUT2D eigenvalue weighted by Crippen LogP contribution is 2.26. The van der Waals surface area contributed by atoms with Crippen molar-refractivity contribution in [3.05, 3.63) is 23.3 Å². The van der Waals surface area contributed by atoms with E-state index in [1.54, 1.807) is 0 Å². The minimum absolute atomic E-state index is 0.608. The Morgan fingerprint density at radius 1 is 0.941 bits per heavy atom. The highest BCUT2D eigenvalue weighted by Gasteiger charge is 2.09. The summed E-state index contributed by atoms with van der Waals surface area (Å²) in [5, 5.41) is 0. The molecule has 0 amide bonds. The van der Waals surface area contributed by atoms with Gasteiger partial charge in [-0.15, -0.1) is 0 Å². The lowest BCUT2D eigenvalue weighted by Gasteiger charge is -2.15. The third kappa shape index (κ3) is 3.95. The molecule has 96 valence electrons. The molecule has 0 heterocycles. The lowest BCUT2D eigenvalue weighted by Crippen LogP contribution is -2.06. The van der Waals surface area contributed by atoms with Crippen LogP contribution >= 0.6 is 0 Å². The number of benzene rings is 1. The normalized spacial score (nSPS) is 13.0. The smallest absolute Gasteiger partial charge is 0.0350 e. The molecule has 2 heteroatoms. The van der Waals surface area contributed by atoms with Crippen LogP contribution in [0.5, 0.6) is 0 Å². The van der Waals surface area contributed by atoms with E-state index in [2.05, 4.69) is 39.8 Å². The number of hydrogen-bond donors (Lipinski definition) is 2. The molecule has 1 aromatic rings. The topological polar surface area (TPSA) is 52.0 Å². The van der Waals surface area contributed by atoms with Crippen molar-refractivity contribution in [3.63, 3.8) is 0 Å². The molecule has 0 radical (unpaired) electrons. The Hall–Kier alpha value is -1.18. The molecule has 0 bridgehead atoms. The first-order valence-electron chi connectivity index (χ1n) is 6.60. The van der Waals surface area contributed by atoms with Gasteiger partial charge in [0.05, 0.1) is 0 Å². The zero-order valence-corrected chi connectivity index (χ0v) is 11.6. The van der Waals surface area contributed by atoms with Gasteiger partial charge in [-0.05, 0) is 47.9 Å². The fourth-order valence-electron chi connectivity index (χ4n) is 2.04. The molecule has 0 saturated heterocycles. The van der Waals surface area contributed by atoms with Gasteiger partial charge >= 0.3 is 0 Å². The molecule has 0 aliphatic heterocycles. The zero-order chi connectivity index (χ0) is 13.0. The second-order valence-electron chi connectivity index (χ2n) is 5.57. The van der Waals surface area contributed by atoms with Crippen molar-refractivity contribution in [1.82, 2.24) is 0 Å². The molecule has 0 aromatic heterocycles. The summed E-state index contributed by atoms with van der Waals surface area (Å²) in [7, 11) is 0. The summed E-state index contributed by atoms with van der Waals surface area (Å²) in [6, 6.07) is 4.13. The highest BCUT2D eigenvalue weighted by atomic mass is 14.6. The van der Waals surface area contributed by atoms with Gasteiger partial charge in [-0.1, -0.05) is 34.1 Å². The fraction of sp³-hybridized carbons (Fsp3) is 0.600. The summed E-state index contributed by atoms with van der Waals surface area (Å²) in [5.74, 6) is 1.27. The predicted octanol–water partition coefficient (Wildman–Crippen LogP) is 3.64. The number of anilines is 2. The van der Waals surface area contributed by atoms with Gasteiger partial charge < -0.3 is 11.5 Å². The Kier molecular flexibility index (Phi) is 4.86. The van der Waals surface area contributed by atoms with Crippen molar-refractivity contribution in [2.45, 2.75) is 47.0 Å². The third-order valence-electron chi connectivity index (χ3n) is 3.29. The first kappa shape index (κ1) is 13.9. The number of hydrogen-bond acceptors (Lipinski definition) is 2. The molecule has 1 atom stereocenters. The average Bonchev–Trinajstić information content (AvgIpc) is 2.24. The van der Waals surface area contributed by atoms with Gasteiger partial charge in [-0.3, -0.25) is 0 Å². The van der Waals surface area contributed by atoms with Crippen molar-refractivity contribution in [3.8, 4) is 0 Å². The summed E-state index contributed by atoms with van der Waals surface area (Å²) in [6.45, 7) is 8.85. The van der Waals surface area contributed by atoms with E-state index in [9.17, 15) is 0 Å². The maximum Gasteiger partial charge on any atom is 0.0350 e. The second kappa shape index (κ2) is 5.95. The Morgan fingerprint density at radius 2 is 1.41 bits per heavy atom. The molecule has 2 nitrogen and oxygen atoms in total. The van der Waals surface area contributed by atoms with E-state index in [0.717, 1.165) is 24.2 Å². The van der Waals surface area contributed by atoms with Crippen LogP contribution in [0.3, 0.4) is 0 Å². The summed E-state index contributed by atoms with van der Waals surface area (Å²) in [6.07, 6.45) is 3.20. The number of rotatable bonds is 5. The predicted molar refractivity (Wildman–Crippen MR) is 77.0 cm³/mol. The maximum absolute atomic E-state index is 6.11. The Labute approximate surface area is 105 Å². The van der Waals surface area contributed by atoms with Gasteiger partial charge in [0.2, 0.25) is 0 Å². The molecule has 1 rings (SSSR count). The van der Waals surface area contributed by atoms with Crippen LogP contribution in [0, 0.1) is 11.8 Å². The van der Waals surface area contributed by atoms with Crippen LogP contribution in [0.1, 0.15) is 45.2 Å². The number of nitrogen functional groups attached to an aromatic ring is 2. The summed E-state index contributed by atoms with van der Waals surface area (Å²) < 4.78 is 0. The van der Waals surface area contributed by atoms with Crippen molar-refractivity contribution in [1.29, 1.82) is 0 Å². The molecule has 0 fully saturated rings. The van der Waals surface area contributed by atoms with E-state index in [4.69, 9.17) is 11.5 Å². The third-order valence-corrected chi connectivity index (χ3v) is 3.29. The first-order valence-corrected chi connectivity index (χ1v) is 6.60. The minimum Gasteiger partial charge on any atom is -0.398 e. The lowest BCUT2D eigenvalue weighted by molar-refractivity contribution is 0.561.